The molecule has 2 aromatic carbocycles. The average molecular weight is 598 g/mol. The highest BCUT2D eigenvalue weighted by Gasteiger charge is 2.47. The van der Waals surface area contributed by atoms with Crippen molar-refractivity contribution >= 4 is 7.60 Å². The summed E-state index contributed by atoms with van der Waals surface area (Å²) in [5.41, 5.74) is 2.04. The molecule has 0 radical (unpaired) electrons. The molecule has 0 bridgehead atoms. The van der Waals surface area contributed by atoms with Gasteiger partial charge in [-0.2, -0.15) is 0 Å². The molecule has 234 valence electrons. The van der Waals surface area contributed by atoms with Crippen molar-refractivity contribution in [1.82, 2.24) is 5.32 Å². The molecule has 1 unspecified atom stereocenters. The van der Waals surface area contributed by atoms with E-state index in [1.165, 1.54) is 12.8 Å². The van der Waals surface area contributed by atoms with E-state index >= 15 is 4.57 Å². The lowest BCUT2D eigenvalue weighted by Crippen LogP contribution is -2.38. The van der Waals surface area contributed by atoms with Crippen molar-refractivity contribution in [3.8, 4) is 5.75 Å². The van der Waals surface area contributed by atoms with E-state index in [0.717, 1.165) is 42.6 Å². The Hall–Kier alpha value is -1.65. The fourth-order valence-corrected chi connectivity index (χ4v) is 9.70. The summed E-state index contributed by atoms with van der Waals surface area (Å²) in [6, 6.07) is 18.2. The van der Waals surface area contributed by atoms with Gasteiger partial charge in [0.15, 0.2) is 0 Å². The highest BCUT2D eigenvalue weighted by Crippen LogP contribution is 2.65. The van der Waals surface area contributed by atoms with Gasteiger partial charge in [0.25, 0.3) is 0 Å². The summed E-state index contributed by atoms with van der Waals surface area (Å²) < 4.78 is 35.3. The van der Waals surface area contributed by atoms with E-state index in [-0.39, 0.29) is 18.2 Å². The summed E-state index contributed by atoms with van der Waals surface area (Å²) in [5, 5.41) is 3.76. The quantitative estimate of drug-likeness (QED) is 0.247. The number of nitrogens with one attached hydrogen (secondary N) is 1. The van der Waals surface area contributed by atoms with Crippen LogP contribution in [0.5, 0.6) is 5.75 Å². The fourth-order valence-electron chi connectivity index (χ4n) is 7.23. The van der Waals surface area contributed by atoms with Gasteiger partial charge < -0.3 is 13.8 Å². The number of hydrogen-bond acceptors (Lipinski definition) is 5. The van der Waals surface area contributed by atoms with Crippen molar-refractivity contribution in [3.63, 3.8) is 0 Å². The Labute approximate surface area is 256 Å². The lowest BCUT2D eigenvalue weighted by molar-refractivity contribution is -0.00718. The largest absolute Gasteiger partial charge is 0.497 e. The van der Waals surface area contributed by atoms with Crippen LogP contribution < -0.4 is 10.1 Å². The molecule has 2 fully saturated rings. The molecule has 0 aliphatic heterocycles. The van der Waals surface area contributed by atoms with Crippen molar-refractivity contribution in [2.24, 2.45) is 35.5 Å². The van der Waals surface area contributed by atoms with Gasteiger partial charge in [-0.1, -0.05) is 96.8 Å². The van der Waals surface area contributed by atoms with Gasteiger partial charge in [0.1, 0.15) is 11.5 Å². The first-order valence-electron chi connectivity index (χ1n) is 16.4. The molecule has 9 atom stereocenters. The van der Waals surface area contributed by atoms with E-state index in [0.29, 0.717) is 35.5 Å². The number of benzene rings is 2. The number of rotatable bonds is 12. The molecule has 0 saturated heterocycles. The molecular formula is C36H56NO4P. The zero-order valence-electron chi connectivity index (χ0n) is 27.3. The van der Waals surface area contributed by atoms with Crippen LogP contribution in [0.3, 0.4) is 0 Å². The van der Waals surface area contributed by atoms with Gasteiger partial charge >= 0.3 is 7.60 Å². The molecule has 4 rings (SSSR count). The third-order valence-electron chi connectivity index (χ3n) is 9.94. The normalized spacial score (nSPS) is 29.7. The minimum Gasteiger partial charge on any atom is -0.497 e. The predicted octanol–water partition coefficient (Wildman–Crippen LogP) is 10.2. The van der Waals surface area contributed by atoms with Crippen molar-refractivity contribution in [3.05, 3.63) is 65.7 Å². The molecule has 0 spiro atoms. The second-order valence-electron chi connectivity index (χ2n) is 14.0. The Bertz CT molecular complexity index is 1100. The van der Waals surface area contributed by atoms with Gasteiger partial charge in [0.05, 0.1) is 19.3 Å². The summed E-state index contributed by atoms with van der Waals surface area (Å²) in [5.74, 6) is 2.83. The minimum atomic E-state index is -3.75. The van der Waals surface area contributed by atoms with Gasteiger partial charge in [0.2, 0.25) is 0 Å². The van der Waals surface area contributed by atoms with Crippen molar-refractivity contribution in [2.45, 2.75) is 111 Å². The monoisotopic (exact) mass is 597 g/mol. The second-order valence-corrected chi connectivity index (χ2v) is 16.0. The zero-order valence-corrected chi connectivity index (χ0v) is 28.2. The van der Waals surface area contributed by atoms with Gasteiger partial charge in [-0.25, -0.2) is 0 Å². The number of methoxy groups -OCH3 is 1. The first-order valence-corrected chi connectivity index (χ1v) is 18.0. The van der Waals surface area contributed by atoms with Crippen LogP contribution in [0.15, 0.2) is 54.6 Å². The molecule has 0 amide bonds. The molecular weight excluding hydrogens is 541 g/mol. The Morgan fingerprint density at radius 3 is 1.67 bits per heavy atom. The summed E-state index contributed by atoms with van der Waals surface area (Å²) in [7, 11) is -2.07. The third kappa shape index (κ3) is 8.29. The first kappa shape index (κ1) is 33.2. The summed E-state index contributed by atoms with van der Waals surface area (Å²) in [4.78, 5) is 0. The average Bonchev–Trinajstić information content (AvgIpc) is 2.96. The van der Waals surface area contributed by atoms with Gasteiger partial charge in [-0.05, 0) is 91.4 Å². The van der Waals surface area contributed by atoms with E-state index in [1.807, 2.05) is 30.3 Å². The maximum atomic E-state index is 15.8. The van der Waals surface area contributed by atoms with Crippen molar-refractivity contribution < 1.29 is 18.3 Å². The van der Waals surface area contributed by atoms with Crippen molar-refractivity contribution in [2.75, 3.05) is 7.11 Å². The van der Waals surface area contributed by atoms with Crippen LogP contribution in [0.2, 0.25) is 0 Å². The van der Waals surface area contributed by atoms with Crippen LogP contribution in [0.4, 0.5) is 0 Å². The SMILES string of the molecule is COc1ccc([C@@H](N[C@@H](C)c2ccccc2)P(=O)(O[C@@H]2C[C@H](C)CC[C@@H]2C(C)C)O[C@@H]2C[C@H](C)CC[C@H]2C(C)C)cc1. The van der Waals surface area contributed by atoms with Gasteiger partial charge in [-0.15, -0.1) is 0 Å². The molecule has 2 aliphatic rings. The maximum Gasteiger partial charge on any atom is 0.352 e. The maximum absolute atomic E-state index is 15.8. The molecule has 5 nitrogen and oxygen atoms in total. The summed E-state index contributed by atoms with van der Waals surface area (Å²) >= 11 is 0. The van der Waals surface area contributed by atoms with Crippen molar-refractivity contribution in [1.29, 1.82) is 0 Å². The molecule has 0 aromatic heterocycles. The molecule has 2 aliphatic carbocycles. The van der Waals surface area contributed by atoms with Gasteiger partial charge in [-0.3, -0.25) is 9.88 Å². The third-order valence-corrected chi connectivity index (χ3v) is 12.2. The minimum absolute atomic E-state index is 0.0591. The Morgan fingerprint density at radius 2 is 1.21 bits per heavy atom. The number of hydrogen-bond donors (Lipinski definition) is 1. The zero-order chi connectivity index (χ0) is 30.4. The van der Waals surface area contributed by atoms with E-state index in [9.17, 15) is 0 Å². The fraction of sp³-hybridized carbons (Fsp3) is 0.667. The molecule has 1 N–H and O–H groups in total. The van der Waals surface area contributed by atoms with E-state index in [2.05, 4.69) is 78.0 Å². The van der Waals surface area contributed by atoms with Gasteiger partial charge in [0, 0.05) is 6.04 Å². The van der Waals surface area contributed by atoms with Crippen LogP contribution >= 0.6 is 7.60 Å². The van der Waals surface area contributed by atoms with Crippen LogP contribution in [0.25, 0.3) is 0 Å². The van der Waals surface area contributed by atoms with Crippen LogP contribution in [0.1, 0.15) is 110 Å². The van der Waals surface area contributed by atoms with E-state index in [4.69, 9.17) is 13.8 Å². The lowest BCUT2D eigenvalue weighted by Gasteiger charge is -2.44. The topological polar surface area (TPSA) is 56.8 Å². The molecule has 2 aromatic rings. The number of ether oxygens (including phenoxy) is 1. The molecule has 0 heterocycles. The van der Waals surface area contributed by atoms with Crippen LogP contribution in [0, 0.1) is 35.5 Å². The highest BCUT2D eigenvalue weighted by molar-refractivity contribution is 7.54. The molecule has 42 heavy (non-hydrogen) atoms. The van der Waals surface area contributed by atoms with Crippen LogP contribution in [-0.2, 0) is 13.6 Å². The standard InChI is InChI=1S/C36H56NO4P/c1-24(2)32-20-14-26(5)22-34(32)40-42(38,41-35-23-27(6)15-21-33(35)25(3)4)36(30-16-18-31(39-8)19-17-30)37-28(7)29-12-10-9-11-13-29/h9-13,16-19,24-28,32-37H,14-15,20-23H2,1-8H3/t26-,27-,28+,32-,33+,34-,35-,36+,42?/m1/s1. The Kier molecular flexibility index (Phi) is 11.8. The van der Waals surface area contributed by atoms with E-state index in [1.54, 1.807) is 7.11 Å². The Balaban J connectivity index is 1.79. The van der Waals surface area contributed by atoms with Crippen LogP contribution in [-0.4, -0.2) is 19.3 Å². The molecule has 6 heteroatoms. The first-order chi connectivity index (χ1) is 20.0. The highest BCUT2D eigenvalue weighted by atomic mass is 31.2. The Morgan fingerprint density at radius 1 is 0.714 bits per heavy atom. The lowest BCUT2D eigenvalue weighted by atomic mass is 9.75. The summed E-state index contributed by atoms with van der Waals surface area (Å²) in [6.07, 6.45) is 6.19. The molecule has 2 saturated carbocycles. The summed E-state index contributed by atoms with van der Waals surface area (Å²) in [6.45, 7) is 15.8. The van der Waals surface area contributed by atoms with E-state index < -0.39 is 13.4 Å². The predicted molar refractivity (Wildman–Crippen MR) is 174 cm³/mol. The smallest absolute Gasteiger partial charge is 0.352 e. The second kappa shape index (κ2) is 14.9.